The Bertz CT molecular complexity index is 545. The van der Waals surface area contributed by atoms with Crippen LogP contribution < -0.4 is 0 Å². The predicted molar refractivity (Wildman–Crippen MR) is 76.3 cm³/mol. The molecular formula is C16H18O5. The lowest BCUT2D eigenvalue weighted by molar-refractivity contribution is -0.192. The van der Waals surface area contributed by atoms with Gasteiger partial charge in [0.1, 0.15) is 0 Å². The number of benzene rings is 1. The van der Waals surface area contributed by atoms with E-state index in [0.29, 0.717) is 0 Å². The van der Waals surface area contributed by atoms with E-state index in [1.54, 1.807) is 6.92 Å². The van der Waals surface area contributed by atoms with Crippen LogP contribution in [0.2, 0.25) is 0 Å². The molecule has 1 atom stereocenters. The van der Waals surface area contributed by atoms with Gasteiger partial charge in [-0.05, 0) is 18.1 Å². The Morgan fingerprint density at radius 2 is 1.71 bits per heavy atom. The van der Waals surface area contributed by atoms with Crippen LogP contribution in [0.25, 0.3) is 5.57 Å². The van der Waals surface area contributed by atoms with Crippen LogP contribution >= 0.6 is 0 Å². The highest BCUT2D eigenvalue weighted by Crippen LogP contribution is 2.36. The first-order chi connectivity index (χ1) is 10.0. The number of ether oxygens (including phenoxy) is 3. The number of carbonyl (C=O) groups excluding carboxylic acids is 2. The molecule has 21 heavy (non-hydrogen) atoms. The van der Waals surface area contributed by atoms with Crippen molar-refractivity contribution in [1.82, 2.24) is 0 Å². The monoisotopic (exact) mass is 290 g/mol. The van der Waals surface area contributed by atoms with Gasteiger partial charge in [-0.2, -0.15) is 0 Å². The standard InChI is InChI=1S/C16H18O5/c1-11-9-13(12-7-5-4-6-8-12)10-16(21-11,14(17)19-2)15(18)20-3/h4-9,11H,10H2,1-3H3. The summed E-state index contributed by atoms with van der Waals surface area (Å²) in [4.78, 5) is 24.3. The highest BCUT2D eigenvalue weighted by Gasteiger charge is 2.53. The van der Waals surface area contributed by atoms with Crippen molar-refractivity contribution >= 4 is 17.5 Å². The molecule has 0 saturated carbocycles. The van der Waals surface area contributed by atoms with Gasteiger partial charge >= 0.3 is 11.9 Å². The lowest BCUT2D eigenvalue weighted by Gasteiger charge is -2.35. The maximum absolute atomic E-state index is 12.1. The van der Waals surface area contributed by atoms with Crippen LogP contribution in [-0.2, 0) is 23.8 Å². The van der Waals surface area contributed by atoms with Gasteiger partial charge in [0.05, 0.1) is 20.3 Å². The lowest BCUT2D eigenvalue weighted by Crippen LogP contribution is -2.53. The third-order valence-corrected chi connectivity index (χ3v) is 3.44. The summed E-state index contributed by atoms with van der Waals surface area (Å²) >= 11 is 0. The van der Waals surface area contributed by atoms with E-state index in [4.69, 9.17) is 14.2 Å². The summed E-state index contributed by atoms with van der Waals surface area (Å²) < 4.78 is 15.1. The normalized spacial score (nSPS) is 20.3. The van der Waals surface area contributed by atoms with Crippen LogP contribution in [0.3, 0.4) is 0 Å². The summed E-state index contributed by atoms with van der Waals surface area (Å²) in [6.07, 6.45) is 1.56. The van der Waals surface area contributed by atoms with Gasteiger partial charge in [0.25, 0.3) is 5.60 Å². The fourth-order valence-corrected chi connectivity index (χ4v) is 2.51. The minimum absolute atomic E-state index is 0.0840. The second-order valence-corrected chi connectivity index (χ2v) is 4.87. The third-order valence-electron chi connectivity index (χ3n) is 3.44. The topological polar surface area (TPSA) is 61.8 Å². The zero-order valence-corrected chi connectivity index (χ0v) is 12.3. The summed E-state index contributed by atoms with van der Waals surface area (Å²) in [5, 5.41) is 0. The van der Waals surface area contributed by atoms with Crippen molar-refractivity contribution in [3.05, 3.63) is 42.0 Å². The average molecular weight is 290 g/mol. The molecule has 0 bridgehead atoms. The number of esters is 2. The molecule has 0 saturated heterocycles. The Morgan fingerprint density at radius 3 is 2.24 bits per heavy atom. The van der Waals surface area contributed by atoms with Crippen LogP contribution in [-0.4, -0.2) is 37.9 Å². The van der Waals surface area contributed by atoms with E-state index in [2.05, 4.69) is 0 Å². The number of hydrogen-bond acceptors (Lipinski definition) is 5. The van der Waals surface area contributed by atoms with E-state index in [1.807, 2.05) is 36.4 Å². The minimum Gasteiger partial charge on any atom is -0.466 e. The number of methoxy groups -OCH3 is 2. The Morgan fingerprint density at radius 1 is 1.14 bits per heavy atom. The molecule has 0 amide bonds. The SMILES string of the molecule is COC(=O)C1(C(=O)OC)CC(c2ccccc2)=CC(C)O1. The molecule has 0 aliphatic carbocycles. The zero-order chi connectivity index (χ0) is 15.5. The van der Waals surface area contributed by atoms with Crippen LogP contribution in [0.4, 0.5) is 0 Å². The van der Waals surface area contributed by atoms with Crippen molar-refractivity contribution in [3.63, 3.8) is 0 Å². The number of rotatable bonds is 3. The van der Waals surface area contributed by atoms with Gasteiger partial charge in [0.2, 0.25) is 0 Å². The first-order valence-corrected chi connectivity index (χ1v) is 6.64. The molecule has 0 N–H and O–H groups in total. The molecule has 0 aromatic heterocycles. The molecule has 1 aromatic carbocycles. The van der Waals surface area contributed by atoms with Crippen molar-refractivity contribution < 1.29 is 23.8 Å². The number of hydrogen-bond donors (Lipinski definition) is 0. The van der Waals surface area contributed by atoms with Gasteiger partial charge in [-0.15, -0.1) is 0 Å². The van der Waals surface area contributed by atoms with Gasteiger partial charge in [-0.1, -0.05) is 36.4 Å². The molecular weight excluding hydrogens is 272 g/mol. The van der Waals surface area contributed by atoms with Gasteiger partial charge in [0, 0.05) is 6.42 Å². The first kappa shape index (κ1) is 15.3. The van der Waals surface area contributed by atoms with Gasteiger partial charge in [-0.25, -0.2) is 9.59 Å². The van der Waals surface area contributed by atoms with E-state index in [-0.39, 0.29) is 6.42 Å². The van der Waals surface area contributed by atoms with Crippen molar-refractivity contribution in [3.8, 4) is 0 Å². The lowest BCUT2D eigenvalue weighted by atomic mass is 9.87. The Kier molecular flexibility index (Phi) is 4.43. The van der Waals surface area contributed by atoms with Crippen LogP contribution in [0.15, 0.2) is 36.4 Å². The van der Waals surface area contributed by atoms with E-state index < -0.39 is 23.6 Å². The maximum atomic E-state index is 12.1. The molecule has 2 rings (SSSR count). The maximum Gasteiger partial charge on any atom is 0.350 e. The summed E-state index contributed by atoms with van der Waals surface area (Å²) in [7, 11) is 2.45. The molecule has 1 unspecified atom stereocenters. The number of carbonyl (C=O) groups is 2. The largest absolute Gasteiger partial charge is 0.466 e. The Labute approximate surface area is 123 Å². The van der Waals surface area contributed by atoms with Crippen molar-refractivity contribution in [2.75, 3.05) is 14.2 Å². The molecule has 0 radical (unpaired) electrons. The molecule has 0 fully saturated rings. The minimum atomic E-state index is -1.75. The molecule has 0 spiro atoms. The summed E-state index contributed by atoms with van der Waals surface area (Å²) in [6.45, 7) is 1.77. The van der Waals surface area contributed by atoms with E-state index in [0.717, 1.165) is 11.1 Å². The Balaban J connectivity index is 2.44. The second-order valence-electron chi connectivity index (χ2n) is 4.87. The summed E-state index contributed by atoms with van der Waals surface area (Å²) in [6, 6.07) is 9.54. The first-order valence-electron chi connectivity index (χ1n) is 6.64. The Hall–Kier alpha value is -2.14. The third kappa shape index (κ3) is 2.83. The van der Waals surface area contributed by atoms with E-state index in [1.165, 1.54) is 14.2 Å². The summed E-state index contributed by atoms with van der Waals surface area (Å²) in [5.41, 5.74) is 0.0398. The molecule has 112 valence electrons. The van der Waals surface area contributed by atoms with E-state index in [9.17, 15) is 9.59 Å². The van der Waals surface area contributed by atoms with Crippen LogP contribution in [0, 0.1) is 0 Å². The summed E-state index contributed by atoms with van der Waals surface area (Å²) in [5.74, 6) is -1.49. The quantitative estimate of drug-likeness (QED) is 0.629. The molecule has 1 aromatic rings. The smallest absolute Gasteiger partial charge is 0.350 e. The van der Waals surface area contributed by atoms with Crippen molar-refractivity contribution in [1.29, 1.82) is 0 Å². The molecule has 5 heteroatoms. The van der Waals surface area contributed by atoms with E-state index >= 15 is 0 Å². The fraction of sp³-hybridized carbons (Fsp3) is 0.375. The molecule has 1 aliphatic rings. The van der Waals surface area contributed by atoms with Gasteiger partial charge < -0.3 is 14.2 Å². The van der Waals surface area contributed by atoms with Gasteiger partial charge in [0.15, 0.2) is 0 Å². The van der Waals surface area contributed by atoms with Crippen molar-refractivity contribution in [2.24, 2.45) is 0 Å². The molecule has 1 heterocycles. The van der Waals surface area contributed by atoms with Gasteiger partial charge in [-0.3, -0.25) is 0 Å². The average Bonchev–Trinajstić information content (AvgIpc) is 2.53. The van der Waals surface area contributed by atoms with Crippen LogP contribution in [0.5, 0.6) is 0 Å². The highest BCUT2D eigenvalue weighted by molar-refractivity contribution is 6.05. The highest BCUT2D eigenvalue weighted by atomic mass is 16.6. The van der Waals surface area contributed by atoms with Crippen molar-refractivity contribution in [2.45, 2.75) is 25.0 Å². The zero-order valence-electron chi connectivity index (χ0n) is 12.3. The molecule has 5 nitrogen and oxygen atoms in total. The predicted octanol–water partition coefficient (Wildman–Crippen LogP) is 1.96. The fourth-order valence-electron chi connectivity index (χ4n) is 2.51. The van der Waals surface area contributed by atoms with Crippen LogP contribution in [0.1, 0.15) is 18.9 Å². The second kappa shape index (κ2) is 6.10. The molecule has 1 aliphatic heterocycles.